The number of esters is 4. The second-order valence-corrected chi connectivity index (χ2v) is 27.7. The van der Waals surface area contributed by atoms with E-state index in [1.54, 1.807) is 75.2 Å². The molecule has 0 fully saturated rings. The number of allylic oxidation sites excluding steroid dienone is 3. The molecule has 55 heavy (non-hydrogen) atoms. The third kappa shape index (κ3) is 26.7. The molecule has 1 N–H and O–H groups in total. The topological polar surface area (TPSA) is 125 Å². The van der Waals surface area contributed by atoms with Crippen molar-refractivity contribution in [3.8, 4) is 0 Å². The molecule has 2 rings (SSSR count). The van der Waals surface area contributed by atoms with Gasteiger partial charge in [-0.25, -0.2) is 4.79 Å². The number of aliphatic hydroxyl groups is 1. The first-order valence-corrected chi connectivity index (χ1v) is 29.3. The lowest BCUT2D eigenvalue weighted by Gasteiger charge is -2.25. The Labute approximate surface area is 359 Å². The second kappa shape index (κ2) is 32.2. The molecular formula is C35H46O9S11. The minimum atomic E-state index is -1.92. The summed E-state index contributed by atoms with van der Waals surface area (Å²) in [7, 11) is 17.0. The van der Waals surface area contributed by atoms with Crippen molar-refractivity contribution in [1.29, 1.82) is 0 Å². The average Bonchev–Trinajstić information content (AvgIpc) is 3.18. The minimum Gasteiger partial charge on any atom is -0.469 e. The van der Waals surface area contributed by atoms with Crippen LogP contribution in [-0.4, -0.2) is 48.8 Å². The van der Waals surface area contributed by atoms with E-state index >= 15 is 0 Å². The summed E-state index contributed by atoms with van der Waals surface area (Å²) in [6.07, 6.45) is 3.62. The molecule has 0 saturated carbocycles. The molecule has 306 valence electrons. The smallest absolute Gasteiger partial charge is 0.339 e. The van der Waals surface area contributed by atoms with Gasteiger partial charge in [-0.05, 0) is 52.2 Å². The van der Waals surface area contributed by atoms with Crippen molar-refractivity contribution in [3.05, 3.63) is 95.1 Å². The van der Waals surface area contributed by atoms with Crippen LogP contribution in [-0.2, 0) is 154 Å². The van der Waals surface area contributed by atoms with Gasteiger partial charge in [0.05, 0.1) is 32.5 Å². The molecule has 0 bridgehead atoms. The van der Waals surface area contributed by atoms with Crippen molar-refractivity contribution in [1.82, 2.24) is 0 Å². The monoisotopic (exact) mass is 962 g/mol. The van der Waals surface area contributed by atoms with Crippen LogP contribution in [0.1, 0.15) is 71.4 Å². The van der Waals surface area contributed by atoms with Gasteiger partial charge in [0.2, 0.25) is 0 Å². The predicted octanol–water partition coefficient (Wildman–Crippen LogP) is 6.01. The van der Waals surface area contributed by atoms with Crippen LogP contribution in [0.3, 0.4) is 0 Å². The first-order chi connectivity index (χ1) is 26.2. The van der Waals surface area contributed by atoms with Crippen LogP contribution in [0.2, 0.25) is 0 Å². The van der Waals surface area contributed by atoms with Crippen LogP contribution in [0.25, 0.3) is 0 Å². The third-order valence-electron chi connectivity index (χ3n) is 6.76. The molecule has 0 aliphatic rings. The van der Waals surface area contributed by atoms with Crippen molar-refractivity contribution in [2.24, 2.45) is 5.41 Å². The van der Waals surface area contributed by atoms with Gasteiger partial charge in [-0.2, -0.15) is 0 Å². The van der Waals surface area contributed by atoms with E-state index in [1.807, 2.05) is 94.4 Å². The summed E-state index contributed by atoms with van der Waals surface area (Å²) < 4.78 is 19.8. The number of ether oxygens (including phenoxy) is 4. The van der Waals surface area contributed by atoms with Gasteiger partial charge in [0.25, 0.3) is 0 Å². The third-order valence-corrected chi connectivity index (χ3v) is 24.5. The quantitative estimate of drug-likeness (QED) is 0.136. The zero-order chi connectivity index (χ0) is 41.5. The highest BCUT2D eigenvalue weighted by Crippen LogP contribution is 2.30. The molecule has 0 spiro atoms. The largest absolute Gasteiger partial charge is 0.469 e. The van der Waals surface area contributed by atoms with Crippen LogP contribution >= 0.6 is 0 Å². The molecule has 0 aromatic heterocycles. The molecule has 9 nitrogen and oxygen atoms in total. The summed E-state index contributed by atoms with van der Waals surface area (Å²) in [6.45, 7) is 9.56. The molecule has 0 heterocycles. The number of rotatable bonds is 14. The fourth-order valence-electron chi connectivity index (χ4n) is 3.79. The Bertz CT molecular complexity index is 1860. The number of methoxy groups -OCH3 is 2. The molecule has 0 unspecified atom stereocenters. The van der Waals surface area contributed by atoms with Gasteiger partial charge in [-0.15, -0.1) is 0 Å². The summed E-state index contributed by atoms with van der Waals surface area (Å²) in [4.78, 5) is 47.7. The molecule has 20 heteroatoms. The van der Waals surface area contributed by atoms with E-state index in [9.17, 15) is 24.3 Å². The number of carbonyl (C=O) groups excluding carboxylic acids is 4. The first-order valence-electron chi connectivity index (χ1n) is 16.0. The van der Waals surface area contributed by atoms with E-state index < -0.39 is 35.3 Å². The maximum absolute atomic E-state index is 12.4. The number of hydrogen-bond acceptors (Lipinski definition) is 11. The van der Waals surface area contributed by atoms with E-state index in [1.165, 1.54) is 32.0 Å². The van der Waals surface area contributed by atoms with Crippen LogP contribution < -0.4 is 0 Å². The molecule has 0 amide bonds. The Morgan fingerprint density at radius 3 is 1.40 bits per heavy atom. The summed E-state index contributed by atoms with van der Waals surface area (Å²) >= 11 is 9.35. The molecule has 2 aromatic carbocycles. The van der Waals surface area contributed by atoms with E-state index in [0.29, 0.717) is 6.42 Å². The van der Waals surface area contributed by atoms with Crippen LogP contribution in [0.5, 0.6) is 0 Å². The van der Waals surface area contributed by atoms with Crippen molar-refractivity contribution < 1.29 is 43.2 Å². The molecule has 0 saturated heterocycles. The van der Waals surface area contributed by atoms with E-state index in [-0.39, 0.29) is 32.0 Å². The normalized spacial score (nSPS) is 11.7. The highest BCUT2D eigenvalue weighted by Gasteiger charge is 2.40. The summed E-state index contributed by atoms with van der Waals surface area (Å²) in [5, 5.41) is 10.5. The fourth-order valence-corrected chi connectivity index (χ4v) is 23.0. The molecule has 0 aliphatic heterocycles. The Hall–Kier alpha value is -1.82. The highest BCUT2D eigenvalue weighted by atomic mass is 33.4. The van der Waals surface area contributed by atoms with Crippen LogP contribution in [0.15, 0.2) is 84.0 Å². The lowest BCUT2D eigenvalue weighted by atomic mass is 9.82. The summed E-state index contributed by atoms with van der Waals surface area (Å²) in [5.74, 6) is -2.30. The van der Waals surface area contributed by atoms with Gasteiger partial charge < -0.3 is 24.1 Å². The highest BCUT2D eigenvalue weighted by molar-refractivity contribution is 8.74. The lowest BCUT2D eigenvalue weighted by Crippen LogP contribution is -2.42. The van der Waals surface area contributed by atoms with Crippen molar-refractivity contribution in [2.75, 3.05) is 14.2 Å². The van der Waals surface area contributed by atoms with Crippen molar-refractivity contribution in [3.63, 3.8) is 0 Å². The lowest BCUT2D eigenvalue weighted by molar-refractivity contribution is -0.172. The summed E-state index contributed by atoms with van der Waals surface area (Å²) in [5.41, 5.74) is 0.904. The molecule has 2 aromatic rings. The van der Waals surface area contributed by atoms with Gasteiger partial charge in [-0.1, -0.05) is 84.0 Å². The van der Waals surface area contributed by atoms with Gasteiger partial charge in [-0.3, -0.25) is 14.4 Å². The standard InChI is InChI=1S/C18H24O4.C17H22O5.S11/c1-14(2)10-11-18(3,12-16(19)21-4)17(20)22-13-15-8-6-5-7-9-15;1-13(2)9-10-17(20,11-15(18)21-3)16(19)22-12-14-7-5-4-6-8-14;1-3-5-7-9-11-10-8-6-4-2/h5-10H,11-13H2,1-4H3;4-9,20H,10-12H2,1-3H3;/t18-;17-;/m01./s1. The average molecular weight is 963 g/mol. The Kier molecular flexibility index (Phi) is 31.1. The fraction of sp³-hybridized carbons (Fsp3) is 0.429. The molecular weight excluding hydrogens is 917 g/mol. The second-order valence-electron chi connectivity index (χ2n) is 11.8. The van der Waals surface area contributed by atoms with E-state index in [2.05, 4.69) is 27.1 Å². The first kappa shape index (κ1) is 53.2. The maximum Gasteiger partial charge on any atom is 0.339 e. The number of benzene rings is 2. The van der Waals surface area contributed by atoms with E-state index in [0.717, 1.165) is 22.3 Å². The van der Waals surface area contributed by atoms with Crippen molar-refractivity contribution in [2.45, 2.75) is 79.1 Å². The Morgan fingerprint density at radius 1 is 0.618 bits per heavy atom. The van der Waals surface area contributed by atoms with Gasteiger partial charge in [0.1, 0.15) is 13.2 Å². The maximum atomic E-state index is 12.4. The molecule has 2 atom stereocenters. The minimum absolute atomic E-state index is 0.000896. The predicted molar refractivity (Wildman–Crippen MR) is 248 cm³/mol. The summed E-state index contributed by atoms with van der Waals surface area (Å²) in [6, 6.07) is 18.6. The van der Waals surface area contributed by atoms with Crippen molar-refractivity contribution >= 4 is 126 Å². The molecule has 0 aliphatic carbocycles. The zero-order valence-corrected chi connectivity index (χ0v) is 40.4. The van der Waals surface area contributed by atoms with Gasteiger partial charge >= 0.3 is 23.9 Å². The van der Waals surface area contributed by atoms with Gasteiger partial charge in [0, 0.05) is 109 Å². The van der Waals surface area contributed by atoms with Gasteiger partial charge in [0.15, 0.2) is 5.60 Å². The number of hydrogen-bond donors (Lipinski definition) is 1. The SMILES string of the molecule is COC(=O)C[C@](C)(CC=C(C)C)C(=O)OCc1ccccc1.COC(=O)C[C@](O)(CC=C(C)C)C(=O)OCc1ccccc1.S=S=S=S=S=S=S=S=S=S=S. The molecule has 0 radical (unpaired) electrons. The zero-order valence-electron chi connectivity index (χ0n) is 31.4. The van der Waals surface area contributed by atoms with Crippen LogP contribution in [0, 0.1) is 5.41 Å². The Balaban J connectivity index is 0.000000843. The van der Waals surface area contributed by atoms with E-state index in [4.69, 9.17) is 14.2 Å². The van der Waals surface area contributed by atoms with Crippen LogP contribution in [0.4, 0.5) is 0 Å². The number of carbonyl (C=O) groups is 4. The Morgan fingerprint density at radius 2 is 1.00 bits per heavy atom.